The molecule has 0 aliphatic carbocycles. The topological polar surface area (TPSA) is 179 Å². The summed E-state index contributed by atoms with van der Waals surface area (Å²) < 4.78 is 35.7. The van der Waals surface area contributed by atoms with E-state index in [9.17, 15) is 22.8 Å². The van der Waals surface area contributed by atoms with E-state index in [2.05, 4.69) is 26.7 Å². The Morgan fingerprint density at radius 3 is 2.55 bits per heavy atom. The summed E-state index contributed by atoms with van der Waals surface area (Å²) in [5.74, 6) is 2.10. The van der Waals surface area contributed by atoms with Gasteiger partial charge >= 0.3 is 0 Å². The van der Waals surface area contributed by atoms with Crippen molar-refractivity contribution >= 4 is 43.5 Å². The molecule has 1 aromatic heterocycles. The third kappa shape index (κ3) is 7.10. The van der Waals surface area contributed by atoms with Crippen LogP contribution in [0.3, 0.4) is 0 Å². The van der Waals surface area contributed by atoms with E-state index in [1.807, 2.05) is 5.43 Å². The first-order valence-electron chi connectivity index (χ1n) is 12.9. The van der Waals surface area contributed by atoms with E-state index < -0.39 is 44.5 Å². The lowest BCUT2D eigenvalue weighted by molar-refractivity contribution is -0.201. The second kappa shape index (κ2) is 13.7. The molecule has 0 saturated carbocycles. The fourth-order valence-electron chi connectivity index (χ4n) is 4.79. The van der Waals surface area contributed by atoms with Gasteiger partial charge in [-0.25, -0.2) is 24.6 Å². The number of hydrogen-bond acceptors (Lipinski definition) is 9. The Kier molecular flexibility index (Phi) is 10.9. The maximum Gasteiger partial charge on any atom is 0.287 e. The molecule has 3 rings (SSSR count). The number of carbonyl (C=O) groups is 3. The number of benzene rings is 1. The fraction of sp³-hybridized carbons (Fsp3) is 0.500. The summed E-state index contributed by atoms with van der Waals surface area (Å²) in [6.07, 6.45) is 2.85. The number of aryl methyl sites for hydroxylation is 1. The molecule has 1 fully saturated rings. The maximum absolute atomic E-state index is 13.6. The Bertz CT molecular complexity index is 1330. The first kappa shape index (κ1) is 31.7. The van der Waals surface area contributed by atoms with Gasteiger partial charge in [-0.15, -0.1) is 0 Å². The molecular weight excluding hydrogens is 608 g/mol. The van der Waals surface area contributed by atoms with Gasteiger partial charge in [-0.05, 0) is 65.4 Å². The van der Waals surface area contributed by atoms with Crippen LogP contribution in [0, 0.1) is 6.92 Å². The Balaban J connectivity index is 2.09. The number of carbonyl (C=O) groups excluding carboxylic acids is 3. The quantitative estimate of drug-likeness (QED) is 0.154. The first-order chi connectivity index (χ1) is 18.9. The summed E-state index contributed by atoms with van der Waals surface area (Å²) in [6.45, 7) is 3.72. The minimum atomic E-state index is -4.13. The van der Waals surface area contributed by atoms with Crippen LogP contribution < -0.4 is 22.1 Å². The van der Waals surface area contributed by atoms with E-state index >= 15 is 0 Å². The van der Waals surface area contributed by atoms with Crippen molar-refractivity contribution in [2.75, 3.05) is 19.4 Å². The molecule has 1 aromatic carbocycles. The third-order valence-corrected chi connectivity index (χ3v) is 9.06. The number of hydrogen-bond donors (Lipinski definition) is 4. The lowest BCUT2D eigenvalue weighted by atomic mass is 9.82. The predicted molar refractivity (Wildman–Crippen MR) is 149 cm³/mol. The van der Waals surface area contributed by atoms with Crippen molar-refractivity contribution in [2.45, 2.75) is 62.9 Å². The molecule has 1 aliphatic heterocycles. The second-order valence-corrected chi connectivity index (χ2v) is 12.7. The van der Waals surface area contributed by atoms with Gasteiger partial charge in [-0.2, -0.15) is 0 Å². The van der Waals surface area contributed by atoms with E-state index in [0.29, 0.717) is 29.7 Å². The zero-order valence-electron chi connectivity index (χ0n) is 22.6. The van der Waals surface area contributed by atoms with Gasteiger partial charge < -0.3 is 14.5 Å². The van der Waals surface area contributed by atoms with Crippen molar-refractivity contribution in [1.82, 2.24) is 16.2 Å². The molecule has 12 nitrogen and oxygen atoms in total. The third-order valence-electron chi connectivity index (χ3n) is 6.76. The maximum atomic E-state index is 13.6. The summed E-state index contributed by atoms with van der Waals surface area (Å²) >= 11 is 3.15. The van der Waals surface area contributed by atoms with Crippen molar-refractivity contribution < 1.29 is 36.8 Å². The lowest BCUT2D eigenvalue weighted by Gasteiger charge is -2.34. The van der Waals surface area contributed by atoms with Crippen molar-refractivity contribution in [3.63, 3.8) is 0 Å². The normalized spacial score (nSPS) is 17.9. The van der Waals surface area contributed by atoms with Crippen molar-refractivity contribution in [2.24, 2.45) is 5.84 Å². The number of halogens is 1. The van der Waals surface area contributed by atoms with Gasteiger partial charge in [-0.3, -0.25) is 19.8 Å². The summed E-state index contributed by atoms with van der Waals surface area (Å²) in [7, 11) is -4.13. The minimum absolute atomic E-state index is 0.00123. The van der Waals surface area contributed by atoms with Crippen LogP contribution >= 0.6 is 15.9 Å². The van der Waals surface area contributed by atoms with E-state index in [1.54, 1.807) is 32.0 Å². The average molecular weight is 644 g/mol. The molecule has 2 aromatic rings. The molecule has 0 spiro atoms. The molecule has 14 heteroatoms. The predicted octanol–water partition coefficient (Wildman–Crippen LogP) is 2.47. The number of amides is 3. The van der Waals surface area contributed by atoms with E-state index in [-0.39, 0.29) is 29.9 Å². The van der Waals surface area contributed by atoms with Gasteiger partial charge in [0.15, 0.2) is 31.3 Å². The summed E-state index contributed by atoms with van der Waals surface area (Å²) in [5.41, 5.74) is 5.40. The highest BCUT2D eigenvalue weighted by atomic mass is 79.9. The number of sulfone groups is 1. The summed E-state index contributed by atoms with van der Waals surface area (Å²) in [5, 5.41) is 2.67. The van der Waals surface area contributed by atoms with E-state index in [0.717, 1.165) is 19.1 Å². The zero-order chi connectivity index (χ0) is 29.5. The van der Waals surface area contributed by atoms with Gasteiger partial charge in [0.25, 0.3) is 17.7 Å². The molecule has 0 radical (unpaired) electrons. The second-order valence-electron chi connectivity index (χ2n) is 9.66. The highest BCUT2D eigenvalue weighted by Crippen LogP contribution is 2.40. The van der Waals surface area contributed by atoms with Gasteiger partial charge in [0.1, 0.15) is 0 Å². The van der Waals surface area contributed by atoms with Crippen LogP contribution in [0.2, 0.25) is 0 Å². The molecule has 1 aliphatic rings. The average Bonchev–Trinajstić information content (AvgIpc) is 3.36. The van der Waals surface area contributed by atoms with Gasteiger partial charge in [-0.1, -0.05) is 37.1 Å². The van der Waals surface area contributed by atoms with Crippen LogP contribution in [0.5, 0.6) is 0 Å². The number of ether oxygens (including phenoxy) is 1. The van der Waals surface area contributed by atoms with Gasteiger partial charge in [0.05, 0.1) is 5.92 Å². The first-order valence-corrected chi connectivity index (χ1v) is 15.5. The van der Waals surface area contributed by atoms with Crippen molar-refractivity contribution in [1.29, 1.82) is 0 Å². The van der Waals surface area contributed by atoms with Crippen LogP contribution in [-0.2, 0) is 33.7 Å². The van der Waals surface area contributed by atoms with E-state index in [1.165, 1.54) is 12.1 Å². The van der Waals surface area contributed by atoms with Crippen molar-refractivity contribution in [3.05, 3.63) is 57.5 Å². The highest BCUT2D eigenvalue weighted by molar-refractivity contribution is 9.10. The van der Waals surface area contributed by atoms with Crippen LogP contribution in [0.1, 0.15) is 72.2 Å². The molecule has 0 bridgehead atoms. The monoisotopic (exact) mass is 642 g/mol. The smallest absolute Gasteiger partial charge is 0.287 e. The Hall–Kier alpha value is -2.78. The number of furan rings is 1. The Labute approximate surface area is 241 Å². The van der Waals surface area contributed by atoms with Crippen LogP contribution in [0.15, 0.2) is 39.4 Å². The lowest BCUT2D eigenvalue weighted by Crippen LogP contribution is -2.53. The molecule has 40 heavy (non-hydrogen) atoms. The Morgan fingerprint density at radius 2 is 1.98 bits per heavy atom. The van der Waals surface area contributed by atoms with Crippen LogP contribution in [0.25, 0.3) is 0 Å². The highest BCUT2D eigenvalue weighted by Gasteiger charge is 2.51. The van der Waals surface area contributed by atoms with E-state index in [4.69, 9.17) is 19.8 Å². The number of nitrogens with two attached hydrogens (primary N) is 1. The largest absolute Gasteiger partial charge is 0.444 e. The van der Waals surface area contributed by atoms with Crippen LogP contribution in [0.4, 0.5) is 0 Å². The molecule has 220 valence electrons. The molecule has 1 unspecified atom stereocenters. The van der Waals surface area contributed by atoms with Crippen molar-refractivity contribution in [3.8, 4) is 0 Å². The fourth-order valence-corrected chi connectivity index (χ4v) is 6.65. The zero-order valence-corrected chi connectivity index (χ0v) is 25.0. The molecule has 1 saturated heterocycles. The number of nitrogens with one attached hydrogen (secondary N) is 3. The number of rotatable bonds is 12. The molecular formula is C26H35BrN4O8S. The Morgan fingerprint density at radius 1 is 1.23 bits per heavy atom. The standard InChI is InChI=1S/C26H35BrN4O8S/c1-4-12-26(25(34)30-28,40(3,35)36)19-9-8-16(2)14-17(19)18(15-29-24(33)20-10-11-21(27)38-20)23(32)31-39-22-7-5-6-13-37-22/h8-11,14,18,22H,4-7,12-13,15,28H2,1-3H3,(H,29,33)(H,30,34)(H,31,32)/t18-,22?,26+/m0/s1. The summed E-state index contributed by atoms with van der Waals surface area (Å²) in [6, 6.07) is 7.78. The van der Waals surface area contributed by atoms with Crippen LogP contribution in [-0.4, -0.2) is 51.8 Å². The molecule has 5 N–H and O–H groups in total. The summed E-state index contributed by atoms with van der Waals surface area (Å²) in [4.78, 5) is 45.2. The van der Waals surface area contributed by atoms with Gasteiger partial charge in [0, 0.05) is 25.8 Å². The number of hydrazine groups is 1. The molecule has 2 heterocycles. The number of hydroxylamine groups is 1. The minimum Gasteiger partial charge on any atom is -0.444 e. The van der Waals surface area contributed by atoms with Gasteiger partial charge in [0.2, 0.25) is 0 Å². The molecule has 3 atom stereocenters. The molecule has 3 amide bonds. The SMILES string of the molecule is CCC[C@](C(=O)NN)(c1ccc(C)cc1[C@H](CNC(=O)c1ccc(Br)o1)C(=O)NOC1CCCCO1)S(C)(=O)=O.